The van der Waals surface area contributed by atoms with E-state index in [1.165, 1.54) is 24.3 Å². The summed E-state index contributed by atoms with van der Waals surface area (Å²) in [6.07, 6.45) is 0. The topological polar surface area (TPSA) is 89.3 Å². The number of nitrogens with two attached hydrogens (primary N) is 1. The highest BCUT2D eigenvalue weighted by Gasteiger charge is 2.12. The van der Waals surface area contributed by atoms with E-state index in [4.69, 9.17) is 5.14 Å². The first-order valence-electron chi connectivity index (χ1n) is 6.97. The van der Waals surface area contributed by atoms with Gasteiger partial charge in [0.15, 0.2) is 0 Å². The molecule has 7 heteroatoms. The lowest BCUT2D eigenvalue weighted by Crippen LogP contribution is -2.15. The summed E-state index contributed by atoms with van der Waals surface area (Å²) in [7, 11) is -3.85. The van der Waals surface area contributed by atoms with Crippen LogP contribution in [0.25, 0.3) is 10.8 Å². The van der Waals surface area contributed by atoms with Gasteiger partial charge in [-0.05, 0) is 47.2 Å². The molecule has 0 saturated carbocycles. The zero-order chi connectivity index (χ0) is 17.3. The quantitative estimate of drug-likeness (QED) is 0.699. The van der Waals surface area contributed by atoms with E-state index in [0.29, 0.717) is 5.69 Å². The summed E-state index contributed by atoms with van der Waals surface area (Å²) >= 11 is 3.48. The average molecular weight is 405 g/mol. The summed E-state index contributed by atoms with van der Waals surface area (Å²) < 4.78 is 23.7. The lowest BCUT2D eigenvalue weighted by atomic mass is 10.1. The van der Waals surface area contributed by atoms with Crippen molar-refractivity contribution in [3.05, 3.63) is 70.7 Å². The zero-order valence-electron chi connectivity index (χ0n) is 12.4. The number of rotatable bonds is 3. The van der Waals surface area contributed by atoms with Crippen molar-refractivity contribution in [2.45, 2.75) is 4.90 Å². The molecule has 0 unspecified atom stereocenters. The molecule has 0 spiro atoms. The van der Waals surface area contributed by atoms with Crippen LogP contribution in [0.15, 0.2) is 70.0 Å². The summed E-state index contributed by atoms with van der Waals surface area (Å²) in [5.41, 5.74) is 0.836. The number of hydrogen-bond donors (Lipinski definition) is 2. The maximum atomic E-state index is 12.3. The van der Waals surface area contributed by atoms with Crippen molar-refractivity contribution in [2.75, 3.05) is 5.32 Å². The van der Waals surface area contributed by atoms with Gasteiger partial charge < -0.3 is 5.32 Å². The van der Waals surface area contributed by atoms with Crippen LogP contribution in [0.2, 0.25) is 0 Å². The Hall–Kier alpha value is -2.22. The molecule has 0 aromatic heterocycles. The van der Waals surface area contributed by atoms with Crippen LogP contribution in [0.5, 0.6) is 0 Å². The Morgan fingerprint density at radius 3 is 2.50 bits per heavy atom. The molecule has 3 aromatic rings. The largest absolute Gasteiger partial charge is 0.322 e. The molecular weight excluding hydrogens is 392 g/mol. The van der Waals surface area contributed by atoms with Gasteiger partial charge >= 0.3 is 0 Å². The van der Waals surface area contributed by atoms with Crippen LogP contribution in [0, 0.1) is 0 Å². The van der Waals surface area contributed by atoms with Crippen LogP contribution in [0.1, 0.15) is 10.4 Å². The molecule has 0 radical (unpaired) electrons. The first-order valence-corrected chi connectivity index (χ1v) is 9.31. The fraction of sp³-hybridized carbons (Fsp3) is 0. The Balaban J connectivity index is 1.90. The number of nitrogens with one attached hydrogen (secondary N) is 1. The minimum absolute atomic E-state index is 0.0995. The van der Waals surface area contributed by atoms with Gasteiger partial charge in [0.05, 0.1) is 4.90 Å². The Morgan fingerprint density at radius 1 is 1.00 bits per heavy atom. The minimum Gasteiger partial charge on any atom is -0.322 e. The van der Waals surface area contributed by atoms with Crippen molar-refractivity contribution >= 4 is 48.3 Å². The third kappa shape index (κ3) is 3.48. The van der Waals surface area contributed by atoms with Crippen LogP contribution in [-0.4, -0.2) is 14.3 Å². The van der Waals surface area contributed by atoms with Gasteiger partial charge in [-0.3, -0.25) is 4.79 Å². The first kappa shape index (κ1) is 16.6. The number of fused-ring (bicyclic) bond motifs is 1. The third-order valence-corrected chi connectivity index (χ3v) is 5.11. The summed E-state index contributed by atoms with van der Waals surface area (Å²) in [6, 6.07) is 16.9. The molecule has 0 heterocycles. The molecule has 0 fully saturated rings. The summed E-state index contributed by atoms with van der Waals surface area (Å²) in [5.74, 6) is -0.408. The fourth-order valence-corrected chi connectivity index (χ4v) is 3.41. The van der Waals surface area contributed by atoms with Gasteiger partial charge in [-0.25, -0.2) is 13.6 Å². The normalized spacial score (nSPS) is 11.4. The summed E-state index contributed by atoms with van der Waals surface area (Å²) in [5, 5.41) is 9.86. The van der Waals surface area contributed by atoms with Crippen LogP contribution in [0.4, 0.5) is 5.69 Å². The second kappa shape index (κ2) is 6.35. The molecule has 1 amide bonds. The molecule has 0 aliphatic heterocycles. The summed E-state index contributed by atoms with van der Waals surface area (Å²) in [6.45, 7) is 0. The van der Waals surface area contributed by atoms with E-state index in [1.807, 2.05) is 30.3 Å². The molecule has 0 saturated heterocycles. The van der Waals surface area contributed by atoms with E-state index >= 15 is 0 Å². The molecule has 5 nitrogen and oxygen atoms in total. The SMILES string of the molecule is NS(=O)(=O)c1cccc(C(=O)Nc2ccc3c(Br)cccc3c2)c1. The summed E-state index contributed by atoms with van der Waals surface area (Å²) in [4.78, 5) is 12.2. The Kier molecular flexibility index (Phi) is 4.40. The van der Waals surface area contributed by atoms with Crippen LogP contribution in [-0.2, 0) is 10.0 Å². The third-order valence-electron chi connectivity index (χ3n) is 3.51. The standard InChI is InChI=1S/C17H13BrN2O3S/c18-16-6-2-3-11-9-13(7-8-15(11)16)20-17(21)12-4-1-5-14(10-12)24(19,22)23/h1-10H,(H,20,21)(H2,19,22,23). The number of hydrogen-bond acceptors (Lipinski definition) is 3. The van der Waals surface area contributed by atoms with Gasteiger partial charge in [0.2, 0.25) is 10.0 Å². The van der Waals surface area contributed by atoms with E-state index in [-0.39, 0.29) is 10.5 Å². The number of primary sulfonamides is 1. The average Bonchev–Trinajstić information content (AvgIpc) is 2.54. The van der Waals surface area contributed by atoms with Gasteiger partial charge in [0, 0.05) is 15.7 Å². The van der Waals surface area contributed by atoms with Gasteiger partial charge in [0.1, 0.15) is 0 Å². The second-order valence-corrected chi connectivity index (χ2v) is 7.62. The molecule has 0 aliphatic carbocycles. The molecule has 122 valence electrons. The van der Waals surface area contributed by atoms with Crippen LogP contribution in [0.3, 0.4) is 0 Å². The molecule has 3 rings (SSSR count). The monoisotopic (exact) mass is 404 g/mol. The Morgan fingerprint density at radius 2 is 1.75 bits per heavy atom. The predicted molar refractivity (Wildman–Crippen MR) is 97.4 cm³/mol. The number of carbonyl (C=O) groups excluding carboxylic acids is 1. The van der Waals surface area contributed by atoms with Crippen LogP contribution >= 0.6 is 15.9 Å². The van der Waals surface area contributed by atoms with E-state index in [0.717, 1.165) is 15.2 Å². The Labute approximate surface area is 147 Å². The maximum Gasteiger partial charge on any atom is 0.255 e. The van der Waals surface area contributed by atoms with Gasteiger partial charge in [-0.15, -0.1) is 0 Å². The number of halogens is 1. The smallest absolute Gasteiger partial charge is 0.255 e. The van der Waals surface area contributed by atoms with Crippen molar-refractivity contribution in [1.82, 2.24) is 0 Å². The molecule has 0 bridgehead atoms. The van der Waals surface area contributed by atoms with Crippen molar-refractivity contribution in [3.63, 3.8) is 0 Å². The number of amides is 1. The number of sulfonamides is 1. The van der Waals surface area contributed by atoms with E-state index in [2.05, 4.69) is 21.2 Å². The molecule has 3 N–H and O–H groups in total. The Bertz CT molecular complexity index is 1050. The molecule has 0 atom stereocenters. The fourth-order valence-electron chi connectivity index (χ4n) is 2.34. The zero-order valence-corrected chi connectivity index (χ0v) is 14.8. The molecule has 24 heavy (non-hydrogen) atoms. The lowest BCUT2D eigenvalue weighted by molar-refractivity contribution is 0.102. The van der Waals surface area contributed by atoms with Crippen molar-refractivity contribution in [1.29, 1.82) is 0 Å². The molecular formula is C17H13BrN2O3S. The number of anilines is 1. The van der Waals surface area contributed by atoms with Crippen LogP contribution < -0.4 is 10.5 Å². The number of carbonyl (C=O) groups is 1. The highest BCUT2D eigenvalue weighted by molar-refractivity contribution is 9.10. The van der Waals surface area contributed by atoms with Gasteiger partial charge in [0.25, 0.3) is 5.91 Å². The minimum atomic E-state index is -3.85. The highest BCUT2D eigenvalue weighted by Crippen LogP contribution is 2.26. The number of benzene rings is 3. The maximum absolute atomic E-state index is 12.3. The van der Waals surface area contributed by atoms with Crippen molar-refractivity contribution in [2.24, 2.45) is 5.14 Å². The second-order valence-electron chi connectivity index (χ2n) is 5.20. The predicted octanol–water partition coefficient (Wildman–Crippen LogP) is 3.50. The van der Waals surface area contributed by atoms with E-state index in [1.54, 1.807) is 6.07 Å². The van der Waals surface area contributed by atoms with Gasteiger partial charge in [-0.1, -0.05) is 40.2 Å². The van der Waals surface area contributed by atoms with Crippen molar-refractivity contribution in [3.8, 4) is 0 Å². The van der Waals surface area contributed by atoms with E-state index < -0.39 is 15.9 Å². The molecule has 0 aliphatic rings. The van der Waals surface area contributed by atoms with Crippen molar-refractivity contribution < 1.29 is 13.2 Å². The lowest BCUT2D eigenvalue weighted by Gasteiger charge is -2.08. The first-order chi connectivity index (χ1) is 11.3. The van der Waals surface area contributed by atoms with E-state index in [9.17, 15) is 13.2 Å². The highest BCUT2D eigenvalue weighted by atomic mass is 79.9. The van der Waals surface area contributed by atoms with Gasteiger partial charge in [-0.2, -0.15) is 0 Å². The molecule has 3 aromatic carbocycles.